The second-order valence-corrected chi connectivity index (χ2v) is 6.96. The number of nitrogens with zero attached hydrogens (tertiary/aromatic N) is 4. The molecule has 6 nitrogen and oxygen atoms in total. The van der Waals surface area contributed by atoms with Gasteiger partial charge in [-0.3, -0.25) is 14.2 Å². The van der Waals surface area contributed by atoms with Gasteiger partial charge in [0.2, 0.25) is 0 Å². The summed E-state index contributed by atoms with van der Waals surface area (Å²) in [5, 5.41) is 12.2. The maximum Gasteiger partial charge on any atom is 0.276 e. The highest BCUT2D eigenvalue weighted by atomic mass is 79.9. The molecule has 9 heteroatoms. The van der Waals surface area contributed by atoms with Gasteiger partial charge in [0.15, 0.2) is 5.82 Å². The third-order valence-corrected chi connectivity index (χ3v) is 4.63. The van der Waals surface area contributed by atoms with E-state index in [-0.39, 0.29) is 5.91 Å². The number of rotatable bonds is 5. The van der Waals surface area contributed by atoms with Gasteiger partial charge in [0, 0.05) is 17.8 Å². The lowest BCUT2D eigenvalue weighted by molar-refractivity contribution is 0.101. The predicted molar refractivity (Wildman–Crippen MR) is 101 cm³/mol. The zero-order valence-corrected chi connectivity index (χ0v) is 16.3. The van der Waals surface area contributed by atoms with E-state index in [1.165, 1.54) is 0 Å². The zero-order chi connectivity index (χ0) is 18.0. The molecule has 2 aromatic heterocycles. The Morgan fingerprint density at radius 3 is 2.68 bits per heavy atom. The summed E-state index contributed by atoms with van der Waals surface area (Å²) in [6.45, 7) is 3.00. The Balaban J connectivity index is 1.77. The average Bonchev–Trinajstić information content (AvgIpc) is 3.12. The number of hydrogen-bond donors (Lipinski definition) is 1. The Hall–Kier alpha value is -1.83. The van der Waals surface area contributed by atoms with Crippen molar-refractivity contribution >= 4 is 50.9 Å². The second kappa shape index (κ2) is 7.59. The molecule has 0 bridgehead atoms. The van der Waals surface area contributed by atoms with E-state index in [1.807, 2.05) is 31.2 Å². The van der Waals surface area contributed by atoms with Crippen LogP contribution in [-0.4, -0.2) is 25.5 Å². The lowest BCUT2D eigenvalue weighted by atomic mass is 10.2. The topological polar surface area (TPSA) is 64.7 Å². The molecule has 1 aromatic carbocycles. The van der Waals surface area contributed by atoms with Crippen LogP contribution >= 0.6 is 39.1 Å². The molecular weight excluding hydrogens is 429 g/mol. The van der Waals surface area contributed by atoms with Crippen molar-refractivity contribution < 1.29 is 4.79 Å². The molecule has 0 atom stereocenters. The zero-order valence-electron chi connectivity index (χ0n) is 13.2. The molecule has 25 heavy (non-hydrogen) atoms. The van der Waals surface area contributed by atoms with Crippen molar-refractivity contribution in [1.29, 1.82) is 0 Å². The Morgan fingerprint density at radius 1 is 1.28 bits per heavy atom. The smallest absolute Gasteiger partial charge is 0.276 e. The van der Waals surface area contributed by atoms with Crippen molar-refractivity contribution in [3.8, 4) is 0 Å². The first-order valence-electron chi connectivity index (χ1n) is 7.48. The molecule has 0 aliphatic heterocycles. The first-order chi connectivity index (χ1) is 12.0. The fourth-order valence-electron chi connectivity index (χ4n) is 2.33. The number of aryl methyl sites for hydroxylation is 1. The number of hydrogen-bond acceptors (Lipinski definition) is 3. The Morgan fingerprint density at radius 2 is 2.00 bits per heavy atom. The van der Waals surface area contributed by atoms with E-state index < -0.39 is 0 Å². The molecule has 3 rings (SSSR count). The van der Waals surface area contributed by atoms with Crippen LogP contribution in [0.25, 0.3) is 0 Å². The number of carbonyl (C=O) groups is 1. The van der Waals surface area contributed by atoms with Crippen LogP contribution in [0.3, 0.4) is 0 Å². The van der Waals surface area contributed by atoms with Crippen LogP contribution in [0.1, 0.15) is 23.0 Å². The fourth-order valence-corrected chi connectivity index (χ4v) is 3.13. The number of anilines is 1. The van der Waals surface area contributed by atoms with Gasteiger partial charge in [-0.2, -0.15) is 10.2 Å². The van der Waals surface area contributed by atoms with Gasteiger partial charge in [-0.15, -0.1) is 0 Å². The second-order valence-electron chi connectivity index (χ2n) is 5.26. The number of amides is 1. The third-order valence-electron chi connectivity index (χ3n) is 3.52. The standard InChI is InChI=1S/C16H14BrCl2N5O/c1-2-24-14(12(17)7-20-24)16(25)21-15-13(19)9-23(22-15)8-10-3-5-11(18)6-4-10/h3-7,9H,2,8H2,1H3,(H,21,22,25). The number of benzene rings is 1. The minimum Gasteiger partial charge on any atom is -0.302 e. The number of aromatic nitrogens is 4. The van der Waals surface area contributed by atoms with E-state index >= 15 is 0 Å². The molecule has 0 unspecified atom stereocenters. The molecule has 2 heterocycles. The summed E-state index contributed by atoms with van der Waals surface area (Å²) in [4.78, 5) is 12.5. The summed E-state index contributed by atoms with van der Waals surface area (Å²) >= 11 is 15.4. The highest BCUT2D eigenvalue weighted by Crippen LogP contribution is 2.23. The molecule has 0 saturated carbocycles. The van der Waals surface area contributed by atoms with Gasteiger partial charge in [0.1, 0.15) is 10.7 Å². The van der Waals surface area contributed by atoms with E-state index in [0.717, 1.165) is 5.56 Å². The van der Waals surface area contributed by atoms with Gasteiger partial charge >= 0.3 is 0 Å². The molecule has 0 spiro atoms. The summed E-state index contributed by atoms with van der Waals surface area (Å²) in [5.74, 6) is -0.0266. The van der Waals surface area contributed by atoms with Crippen LogP contribution < -0.4 is 5.32 Å². The van der Waals surface area contributed by atoms with Crippen LogP contribution in [0.5, 0.6) is 0 Å². The largest absolute Gasteiger partial charge is 0.302 e. The molecule has 0 saturated heterocycles. The summed E-state index contributed by atoms with van der Waals surface area (Å²) in [5.41, 5.74) is 1.44. The van der Waals surface area contributed by atoms with Crippen LogP contribution in [-0.2, 0) is 13.1 Å². The van der Waals surface area contributed by atoms with E-state index in [9.17, 15) is 4.79 Å². The highest BCUT2D eigenvalue weighted by Gasteiger charge is 2.19. The maximum atomic E-state index is 12.5. The molecule has 1 amide bonds. The van der Waals surface area contributed by atoms with E-state index in [4.69, 9.17) is 23.2 Å². The molecule has 0 aliphatic carbocycles. The first-order valence-corrected chi connectivity index (χ1v) is 9.03. The van der Waals surface area contributed by atoms with Gasteiger partial charge in [-0.25, -0.2) is 0 Å². The third kappa shape index (κ3) is 4.05. The van der Waals surface area contributed by atoms with Crippen molar-refractivity contribution in [3.63, 3.8) is 0 Å². The highest BCUT2D eigenvalue weighted by molar-refractivity contribution is 9.10. The van der Waals surface area contributed by atoms with Crippen molar-refractivity contribution in [2.75, 3.05) is 5.32 Å². The molecule has 0 fully saturated rings. The lowest BCUT2D eigenvalue weighted by Crippen LogP contribution is -2.18. The number of nitrogens with one attached hydrogen (secondary N) is 1. The molecular formula is C16H14BrCl2N5O. The summed E-state index contributed by atoms with van der Waals surface area (Å²) < 4.78 is 3.87. The van der Waals surface area contributed by atoms with Gasteiger partial charge < -0.3 is 5.32 Å². The summed E-state index contributed by atoms with van der Waals surface area (Å²) in [6, 6.07) is 7.45. The quantitative estimate of drug-likeness (QED) is 0.633. The van der Waals surface area contributed by atoms with Gasteiger partial charge in [-0.1, -0.05) is 35.3 Å². The molecule has 130 valence electrons. The van der Waals surface area contributed by atoms with Gasteiger partial charge in [0.25, 0.3) is 5.91 Å². The number of halogens is 3. The Bertz CT molecular complexity index is 904. The van der Waals surface area contributed by atoms with Gasteiger partial charge in [-0.05, 0) is 40.5 Å². The predicted octanol–water partition coefficient (Wildman–Crippen LogP) is 4.47. The Kier molecular flexibility index (Phi) is 5.46. The summed E-state index contributed by atoms with van der Waals surface area (Å²) in [6.07, 6.45) is 3.25. The van der Waals surface area contributed by atoms with Crippen LogP contribution in [0.4, 0.5) is 5.82 Å². The molecule has 3 aromatic rings. The van der Waals surface area contributed by atoms with Crippen molar-refractivity contribution in [1.82, 2.24) is 19.6 Å². The SMILES string of the molecule is CCn1ncc(Br)c1C(=O)Nc1nn(Cc2ccc(Cl)cc2)cc1Cl. The fraction of sp³-hybridized carbons (Fsp3) is 0.188. The van der Waals surface area contributed by atoms with Crippen LogP contribution in [0.2, 0.25) is 10.0 Å². The normalized spacial score (nSPS) is 10.9. The molecule has 0 aliphatic rings. The molecule has 1 N–H and O–H groups in total. The minimum absolute atomic E-state index is 0.302. The Labute approximate surface area is 162 Å². The molecule has 0 radical (unpaired) electrons. The summed E-state index contributed by atoms with van der Waals surface area (Å²) in [7, 11) is 0. The minimum atomic E-state index is -0.329. The van der Waals surface area contributed by atoms with Crippen LogP contribution in [0, 0.1) is 0 Å². The van der Waals surface area contributed by atoms with Crippen molar-refractivity contribution in [3.05, 3.63) is 62.4 Å². The van der Waals surface area contributed by atoms with Gasteiger partial charge in [0.05, 0.1) is 17.2 Å². The number of carbonyl (C=O) groups excluding carboxylic acids is 1. The average molecular weight is 443 g/mol. The van der Waals surface area contributed by atoms with Crippen molar-refractivity contribution in [2.24, 2.45) is 0 Å². The van der Waals surface area contributed by atoms with Crippen LogP contribution in [0.15, 0.2) is 41.1 Å². The van der Waals surface area contributed by atoms with E-state index in [2.05, 4.69) is 31.4 Å². The lowest BCUT2D eigenvalue weighted by Gasteiger charge is -2.06. The monoisotopic (exact) mass is 441 g/mol. The van der Waals surface area contributed by atoms with Crippen molar-refractivity contribution in [2.45, 2.75) is 20.0 Å². The maximum absolute atomic E-state index is 12.5. The van der Waals surface area contributed by atoms with E-state index in [1.54, 1.807) is 21.8 Å². The van der Waals surface area contributed by atoms with E-state index in [0.29, 0.717) is 39.1 Å². The first kappa shape index (κ1) is 18.0.